The minimum Gasteiger partial charge on any atom is -0.479 e. The molecule has 6 heteroatoms. The third-order valence-corrected chi connectivity index (χ3v) is 2.57. The van der Waals surface area contributed by atoms with E-state index in [-0.39, 0.29) is 6.42 Å². The fraction of sp³-hybridized carbons (Fsp3) is 0.273. The summed E-state index contributed by atoms with van der Waals surface area (Å²) in [5, 5.41) is 17.8. The van der Waals surface area contributed by atoms with Crippen LogP contribution in [0.5, 0.6) is 0 Å². The van der Waals surface area contributed by atoms with Crippen LogP contribution in [0.3, 0.4) is 0 Å². The van der Waals surface area contributed by atoms with Gasteiger partial charge in [-0.3, -0.25) is 4.57 Å². The second-order valence-electron chi connectivity index (χ2n) is 3.79. The second-order valence-corrected chi connectivity index (χ2v) is 3.79. The summed E-state index contributed by atoms with van der Waals surface area (Å²) in [5.74, 6) is -1.75. The second kappa shape index (κ2) is 4.06. The highest BCUT2D eigenvalue weighted by atomic mass is 16.4. The van der Waals surface area contributed by atoms with E-state index in [0.29, 0.717) is 16.7 Å². The Morgan fingerprint density at radius 3 is 2.88 bits per heavy atom. The average Bonchev–Trinajstić information content (AvgIpc) is 2.54. The van der Waals surface area contributed by atoms with Gasteiger partial charge in [0.25, 0.3) is 0 Å². The zero-order valence-corrected chi connectivity index (χ0v) is 9.08. The lowest BCUT2D eigenvalue weighted by Crippen LogP contribution is -2.21. The average molecular weight is 237 g/mol. The lowest BCUT2D eigenvalue weighted by Gasteiger charge is -2.04. The Labute approximate surface area is 95.7 Å². The molecule has 17 heavy (non-hydrogen) atoms. The first-order chi connectivity index (χ1) is 7.99. The maximum atomic E-state index is 11.2. The van der Waals surface area contributed by atoms with Gasteiger partial charge in [0.1, 0.15) is 0 Å². The predicted octanol–water partition coefficient (Wildman–Crippen LogP) is 0.119. The number of carbonyl (C=O) groups is 1. The number of hydrogen-bond donors (Lipinski definition) is 2. The van der Waals surface area contributed by atoms with Gasteiger partial charge in [-0.15, -0.1) is 0 Å². The van der Waals surface area contributed by atoms with E-state index in [1.165, 1.54) is 4.57 Å². The van der Waals surface area contributed by atoms with Crippen molar-refractivity contribution in [3.63, 3.8) is 0 Å². The molecule has 0 spiro atoms. The number of rotatable bonds is 3. The van der Waals surface area contributed by atoms with E-state index in [2.05, 4.69) is 0 Å². The lowest BCUT2D eigenvalue weighted by atomic mass is 10.1. The highest BCUT2D eigenvalue weighted by Crippen LogP contribution is 2.15. The standard InChI is InChI=1S/C11H11NO5/c1-12-7-3-2-6(4-8(13)10(14)15)5-9(7)17-11(12)16/h2-3,5,8,13H,4H2,1H3,(H,14,15). The maximum Gasteiger partial charge on any atom is 0.419 e. The zero-order valence-electron chi connectivity index (χ0n) is 9.08. The van der Waals surface area contributed by atoms with E-state index >= 15 is 0 Å². The molecule has 1 heterocycles. The maximum absolute atomic E-state index is 11.2. The van der Waals surface area contributed by atoms with Crippen molar-refractivity contribution in [1.29, 1.82) is 0 Å². The first-order valence-corrected chi connectivity index (χ1v) is 4.98. The Balaban J connectivity index is 2.38. The Hall–Kier alpha value is -2.08. The van der Waals surface area contributed by atoms with Crippen LogP contribution in [-0.4, -0.2) is 26.9 Å². The van der Waals surface area contributed by atoms with Crippen LogP contribution in [0.1, 0.15) is 5.56 Å². The summed E-state index contributed by atoms with van der Waals surface area (Å²) in [6.07, 6.45) is -1.48. The highest BCUT2D eigenvalue weighted by Gasteiger charge is 2.15. The number of aliphatic carboxylic acids is 1. The van der Waals surface area contributed by atoms with Gasteiger partial charge in [0.15, 0.2) is 11.7 Å². The third-order valence-electron chi connectivity index (χ3n) is 2.57. The number of aliphatic hydroxyl groups excluding tert-OH is 1. The molecule has 0 radical (unpaired) electrons. The van der Waals surface area contributed by atoms with Crippen molar-refractivity contribution in [2.45, 2.75) is 12.5 Å². The SMILES string of the molecule is Cn1c(=O)oc2cc(CC(O)C(=O)O)ccc21. The van der Waals surface area contributed by atoms with Crippen LogP contribution in [0.25, 0.3) is 11.1 Å². The minimum absolute atomic E-state index is 0.0239. The van der Waals surface area contributed by atoms with Crippen molar-refractivity contribution < 1.29 is 19.4 Å². The number of aryl methyl sites for hydroxylation is 1. The van der Waals surface area contributed by atoms with Gasteiger partial charge in [0.05, 0.1) is 5.52 Å². The van der Waals surface area contributed by atoms with Crippen LogP contribution in [-0.2, 0) is 18.3 Å². The third kappa shape index (κ3) is 2.07. The minimum atomic E-state index is -1.46. The Morgan fingerprint density at radius 2 is 2.24 bits per heavy atom. The molecule has 1 aromatic carbocycles. The number of oxazole rings is 1. The molecule has 2 rings (SSSR count). The molecule has 0 saturated heterocycles. The summed E-state index contributed by atoms with van der Waals surface area (Å²) in [6, 6.07) is 4.87. The highest BCUT2D eigenvalue weighted by molar-refractivity contribution is 5.75. The number of benzene rings is 1. The molecule has 0 aliphatic rings. The molecular formula is C11H11NO5. The Kier molecular flexibility index (Phi) is 2.72. The summed E-state index contributed by atoms with van der Waals surface area (Å²) < 4.78 is 6.31. The number of aliphatic hydroxyl groups is 1. The molecule has 90 valence electrons. The monoisotopic (exact) mass is 237 g/mol. The van der Waals surface area contributed by atoms with Crippen molar-refractivity contribution in [2.75, 3.05) is 0 Å². The molecular weight excluding hydrogens is 226 g/mol. The predicted molar refractivity (Wildman–Crippen MR) is 58.8 cm³/mol. The zero-order chi connectivity index (χ0) is 12.6. The molecule has 2 aromatic rings. The lowest BCUT2D eigenvalue weighted by molar-refractivity contribution is -0.146. The van der Waals surface area contributed by atoms with Gasteiger partial charge in [-0.2, -0.15) is 0 Å². The molecule has 0 amide bonds. The van der Waals surface area contributed by atoms with Crippen molar-refractivity contribution in [1.82, 2.24) is 4.57 Å². The van der Waals surface area contributed by atoms with Crippen LogP contribution in [0.2, 0.25) is 0 Å². The topological polar surface area (TPSA) is 92.7 Å². The summed E-state index contributed by atoms with van der Waals surface area (Å²) in [6.45, 7) is 0. The van der Waals surface area contributed by atoms with Gasteiger partial charge in [-0.1, -0.05) is 6.07 Å². The van der Waals surface area contributed by atoms with Gasteiger partial charge in [-0.05, 0) is 17.7 Å². The number of hydrogen-bond acceptors (Lipinski definition) is 4. The van der Waals surface area contributed by atoms with Gasteiger partial charge in [0, 0.05) is 13.5 Å². The molecule has 0 fully saturated rings. The van der Waals surface area contributed by atoms with Gasteiger partial charge in [-0.25, -0.2) is 9.59 Å². The number of nitrogens with zero attached hydrogens (tertiary/aromatic N) is 1. The van der Waals surface area contributed by atoms with Crippen molar-refractivity contribution >= 4 is 17.1 Å². The molecule has 2 N–H and O–H groups in total. The molecule has 6 nitrogen and oxygen atoms in total. The van der Waals surface area contributed by atoms with Gasteiger partial charge in [0.2, 0.25) is 0 Å². The molecule has 1 aromatic heterocycles. The van der Waals surface area contributed by atoms with Gasteiger partial charge < -0.3 is 14.6 Å². The molecule has 0 aliphatic carbocycles. The number of carboxylic acids is 1. The first-order valence-electron chi connectivity index (χ1n) is 4.98. The number of fused-ring (bicyclic) bond motifs is 1. The van der Waals surface area contributed by atoms with Crippen LogP contribution in [0.15, 0.2) is 27.4 Å². The largest absolute Gasteiger partial charge is 0.479 e. The van der Waals surface area contributed by atoms with Crippen molar-refractivity contribution in [3.8, 4) is 0 Å². The molecule has 0 bridgehead atoms. The number of aromatic nitrogens is 1. The van der Waals surface area contributed by atoms with Crippen LogP contribution in [0.4, 0.5) is 0 Å². The smallest absolute Gasteiger partial charge is 0.419 e. The molecule has 1 atom stereocenters. The van der Waals surface area contributed by atoms with Crippen LogP contribution < -0.4 is 5.76 Å². The Bertz CT molecular complexity index is 624. The van der Waals surface area contributed by atoms with E-state index in [1.54, 1.807) is 25.2 Å². The fourth-order valence-corrected chi connectivity index (χ4v) is 1.62. The van der Waals surface area contributed by atoms with Crippen molar-refractivity contribution in [2.24, 2.45) is 7.05 Å². The normalized spacial score (nSPS) is 12.8. The quantitative estimate of drug-likeness (QED) is 0.790. The summed E-state index contributed by atoms with van der Waals surface area (Å²) >= 11 is 0. The van der Waals surface area contributed by atoms with Crippen LogP contribution >= 0.6 is 0 Å². The molecule has 0 aliphatic heterocycles. The van der Waals surface area contributed by atoms with Crippen molar-refractivity contribution in [3.05, 3.63) is 34.3 Å². The molecule has 1 unspecified atom stereocenters. The van der Waals surface area contributed by atoms with E-state index in [1.807, 2.05) is 0 Å². The summed E-state index contributed by atoms with van der Waals surface area (Å²) in [5.41, 5.74) is 1.61. The van der Waals surface area contributed by atoms with Gasteiger partial charge >= 0.3 is 11.7 Å². The van der Waals surface area contributed by atoms with Crippen LogP contribution in [0, 0.1) is 0 Å². The van der Waals surface area contributed by atoms with E-state index in [0.717, 1.165) is 0 Å². The first kappa shape index (κ1) is 11.4. The van der Waals surface area contributed by atoms with E-state index < -0.39 is 17.8 Å². The summed E-state index contributed by atoms with van der Waals surface area (Å²) in [4.78, 5) is 21.7. The molecule has 0 saturated carbocycles. The fourth-order valence-electron chi connectivity index (χ4n) is 1.62. The number of carboxylic acid groups (broad SMARTS) is 1. The summed E-state index contributed by atoms with van der Waals surface area (Å²) in [7, 11) is 1.58. The van der Waals surface area contributed by atoms with E-state index in [4.69, 9.17) is 9.52 Å². The Morgan fingerprint density at radius 1 is 1.53 bits per heavy atom. The van der Waals surface area contributed by atoms with E-state index in [9.17, 15) is 14.7 Å².